The molecule has 41 heavy (non-hydrogen) atoms. The highest BCUT2D eigenvalue weighted by atomic mass is 16.5. The summed E-state index contributed by atoms with van der Waals surface area (Å²) in [6, 6.07) is 21.6. The average molecular weight is 557 g/mol. The van der Waals surface area contributed by atoms with Crippen molar-refractivity contribution in [3.63, 3.8) is 0 Å². The Bertz CT molecular complexity index is 1720. The van der Waals surface area contributed by atoms with E-state index < -0.39 is 11.7 Å². The molecule has 1 saturated heterocycles. The third kappa shape index (κ3) is 5.45. The van der Waals surface area contributed by atoms with Gasteiger partial charge in [-0.15, -0.1) is 0 Å². The number of fused-ring (bicyclic) bond motifs is 1. The summed E-state index contributed by atoms with van der Waals surface area (Å²) in [5.41, 5.74) is 3.04. The molecule has 1 aliphatic rings. The van der Waals surface area contributed by atoms with Crippen LogP contribution in [0.2, 0.25) is 0 Å². The van der Waals surface area contributed by atoms with Gasteiger partial charge in [-0.3, -0.25) is 14.1 Å². The predicted molar refractivity (Wildman–Crippen MR) is 145 cm³/mol. The Balaban J connectivity index is 1.09. The van der Waals surface area contributed by atoms with Gasteiger partial charge in [-0.2, -0.15) is 0 Å². The molecular formula is C29H26N5O7+. The fourth-order valence-corrected chi connectivity index (χ4v) is 4.61. The second kappa shape index (κ2) is 11.1. The molecule has 2 amide bonds. The van der Waals surface area contributed by atoms with Crippen LogP contribution in [-0.2, 0) is 20.9 Å². The van der Waals surface area contributed by atoms with Crippen molar-refractivity contribution < 1.29 is 32.7 Å². The fourth-order valence-electron chi connectivity index (χ4n) is 4.61. The van der Waals surface area contributed by atoms with Gasteiger partial charge < -0.3 is 24.1 Å². The van der Waals surface area contributed by atoms with Gasteiger partial charge in [0.25, 0.3) is 5.91 Å². The largest absolute Gasteiger partial charge is 0.497 e. The molecule has 0 saturated carbocycles. The quantitative estimate of drug-likeness (QED) is 0.278. The number of ether oxygens (including phenoxy) is 2. The van der Waals surface area contributed by atoms with Crippen molar-refractivity contribution >= 4 is 28.6 Å². The average Bonchev–Trinajstić information content (AvgIpc) is 3.59. The Kier molecular flexibility index (Phi) is 7.04. The summed E-state index contributed by atoms with van der Waals surface area (Å²) in [5, 5.41) is 5.37. The molecule has 5 aromatic rings. The molecule has 3 heterocycles. The smallest absolute Gasteiger partial charge is 0.432 e. The van der Waals surface area contributed by atoms with Crippen LogP contribution in [0.25, 0.3) is 28.2 Å². The first kappa shape index (κ1) is 26.0. The highest BCUT2D eigenvalue weighted by molar-refractivity contribution is 5.95. The molecule has 0 bridgehead atoms. The first-order chi connectivity index (χ1) is 20.0. The van der Waals surface area contributed by atoms with Crippen LogP contribution in [0.4, 0.5) is 5.69 Å². The van der Waals surface area contributed by atoms with E-state index in [0.29, 0.717) is 28.6 Å². The van der Waals surface area contributed by atoms with E-state index in [4.69, 9.17) is 18.4 Å². The molecule has 1 atom stereocenters. The van der Waals surface area contributed by atoms with Crippen LogP contribution >= 0.6 is 0 Å². The molecule has 2 aromatic heterocycles. The van der Waals surface area contributed by atoms with Crippen molar-refractivity contribution in [1.82, 2.24) is 15.2 Å². The molecule has 3 aromatic carbocycles. The highest BCUT2D eigenvalue weighted by Gasteiger charge is 2.35. The van der Waals surface area contributed by atoms with Gasteiger partial charge in [0.1, 0.15) is 23.9 Å². The predicted octanol–water partition coefficient (Wildman–Crippen LogP) is 2.82. The lowest BCUT2D eigenvalue weighted by atomic mass is 10.1. The molecule has 2 N–H and O–H groups in total. The molecule has 0 aliphatic carbocycles. The Hall–Kier alpha value is -5.23. The normalized spacial score (nSPS) is 15.3. The minimum Gasteiger partial charge on any atom is -0.497 e. The molecular weight excluding hydrogens is 530 g/mol. The van der Waals surface area contributed by atoms with Crippen molar-refractivity contribution in [2.75, 3.05) is 25.6 Å². The molecule has 0 radical (unpaired) electrons. The number of hydrogen-bond acceptors (Lipinski definition) is 8. The number of aromatic amines is 1. The number of benzene rings is 3. The first-order valence-electron chi connectivity index (χ1n) is 12.9. The standard InChI is InChI=1S/C29H25N5O7/c1-38-21-12-10-20(11-13-21)34-23(29(37)41-32-34)17-33-14-15-39-25(28(33)36)16-26(35)30-19-8-6-18(7-9-19)27-31-22-4-2-3-5-24(22)40-27/h2-13,25H,14-17H2,1H3,(H-,30,31,32,35,37)/p+1. The third-order valence-electron chi connectivity index (χ3n) is 6.75. The van der Waals surface area contributed by atoms with Crippen molar-refractivity contribution in [1.29, 1.82) is 0 Å². The molecule has 1 fully saturated rings. The minimum absolute atomic E-state index is 0.0184. The SMILES string of the molecule is COc1ccc(-[n+]2[nH]oc(=O)c2CN2CCOC(CC(=O)Nc3ccc(-c4nc5ccccc5o4)cc3)C2=O)cc1. The van der Waals surface area contributed by atoms with Crippen molar-refractivity contribution in [2.24, 2.45) is 0 Å². The van der Waals surface area contributed by atoms with E-state index >= 15 is 0 Å². The van der Waals surface area contributed by atoms with Crippen LogP contribution in [-0.4, -0.2) is 53.3 Å². The summed E-state index contributed by atoms with van der Waals surface area (Å²) >= 11 is 0. The number of nitrogens with one attached hydrogen (secondary N) is 2. The van der Waals surface area contributed by atoms with Crippen LogP contribution in [0.15, 0.2) is 86.5 Å². The summed E-state index contributed by atoms with van der Waals surface area (Å²) < 4.78 is 23.1. The number of morpholine rings is 1. The van der Waals surface area contributed by atoms with E-state index in [-0.39, 0.29) is 43.6 Å². The zero-order valence-electron chi connectivity index (χ0n) is 22.0. The van der Waals surface area contributed by atoms with E-state index in [1.165, 1.54) is 9.58 Å². The topological polar surface area (TPSA) is 144 Å². The summed E-state index contributed by atoms with van der Waals surface area (Å²) in [6.45, 7) is 0.470. The van der Waals surface area contributed by atoms with Gasteiger partial charge >= 0.3 is 11.3 Å². The summed E-state index contributed by atoms with van der Waals surface area (Å²) in [7, 11) is 1.56. The molecule has 1 unspecified atom stereocenters. The number of para-hydroxylation sites is 2. The third-order valence-corrected chi connectivity index (χ3v) is 6.75. The molecule has 1 aliphatic heterocycles. The number of nitrogens with zero attached hydrogens (tertiary/aromatic N) is 3. The zero-order valence-corrected chi connectivity index (χ0v) is 22.0. The summed E-state index contributed by atoms with van der Waals surface area (Å²) in [4.78, 5) is 44.4. The van der Waals surface area contributed by atoms with Crippen LogP contribution in [0, 0.1) is 0 Å². The van der Waals surface area contributed by atoms with E-state index in [2.05, 4.69) is 15.6 Å². The Labute approximate surface area is 233 Å². The number of carbonyl (C=O) groups is 2. The van der Waals surface area contributed by atoms with Crippen molar-refractivity contribution in [3.8, 4) is 22.9 Å². The highest BCUT2D eigenvalue weighted by Crippen LogP contribution is 2.25. The maximum atomic E-state index is 13.2. The number of amides is 2. The van der Waals surface area contributed by atoms with Gasteiger partial charge in [0.2, 0.25) is 17.5 Å². The van der Waals surface area contributed by atoms with Crippen molar-refractivity contribution in [3.05, 3.63) is 88.9 Å². The number of oxazole rings is 1. The van der Waals surface area contributed by atoms with Gasteiger partial charge in [0.15, 0.2) is 5.58 Å². The zero-order chi connectivity index (χ0) is 28.3. The van der Waals surface area contributed by atoms with Gasteiger partial charge in [0, 0.05) is 29.9 Å². The first-order valence-corrected chi connectivity index (χ1v) is 12.9. The number of carbonyl (C=O) groups excluding carboxylic acids is 2. The minimum atomic E-state index is -0.983. The van der Waals surface area contributed by atoms with Gasteiger partial charge in [-0.05, 0) is 58.5 Å². The lowest BCUT2D eigenvalue weighted by molar-refractivity contribution is -0.678. The molecule has 208 valence electrons. The Morgan fingerprint density at radius 3 is 2.63 bits per heavy atom. The second-order valence-electron chi connectivity index (χ2n) is 9.40. The number of H-pyrrole nitrogens is 1. The molecule has 6 rings (SSSR count). The number of aromatic nitrogens is 3. The maximum absolute atomic E-state index is 13.2. The summed E-state index contributed by atoms with van der Waals surface area (Å²) in [5.74, 6) is 0.370. The lowest BCUT2D eigenvalue weighted by Gasteiger charge is -2.30. The van der Waals surface area contributed by atoms with Gasteiger partial charge in [-0.25, -0.2) is 9.78 Å². The van der Waals surface area contributed by atoms with Gasteiger partial charge in [-0.1, -0.05) is 12.1 Å². The number of methoxy groups -OCH3 is 1. The van der Waals surface area contributed by atoms with E-state index in [0.717, 1.165) is 11.1 Å². The maximum Gasteiger partial charge on any atom is 0.432 e. The fraction of sp³-hybridized carbons (Fsp3) is 0.207. The number of rotatable bonds is 8. The second-order valence-corrected chi connectivity index (χ2v) is 9.40. The molecule has 12 heteroatoms. The van der Waals surface area contributed by atoms with Crippen LogP contribution in [0.5, 0.6) is 5.75 Å². The molecule has 12 nitrogen and oxygen atoms in total. The van der Waals surface area contributed by atoms with E-state index in [9.17, 15) is 14.4 Å². The monoisotopic (exact) mass is 556 g/mol. The van der Waals surface area contributed by atoms with E-state index in [1.54, 1.807) is 55.6 Å². The van der Waals surface area contributed by atoms with Crippen molar-refractivity contribution in [2.45, 2.75) is 19.1 Å². The number of hydrogen-bond donors (Lipinski definition) is 2. The van der Waals surface area contributed by atoms with Gasteiger partial charge in [0.05, 0.1) is 20.1 Å². The van der Waals surface area contributed by atoms with Crippen LogP contribution in [0.1, 0.15) is 12.1 Å². The van der Waals surface area contributed by atoms with Crippen LogP contribution < -0.4 is 20.4 Å². The summed E-state index contributed by atoms with van der Waals surface area (Å²) in [6.07, 6.45) is -1.16. The number of anilines is 1. The van der Waals surface area contributed by atoms with E-state index in [1.807, 2.05) is 24.3 Å². The van der Waals surface area contributed by atoms with Crippen LogP contribution in [0.3, 0.4) is 0 Å². The Morgan fingerprint density at radius 2 is 1.88 bits per heavy atom. The molecule has 0 spiro atoms. The Morgan fingerprint density at radius 1 is 1.10 bits per heavy atom. The lowest BCUT2D eigenvalue weighted by Crippen LogP contribution is -2.51.